The monoisotopic (exact) mass is 287 g/mol. The molecule has 1 amide bonds. The van der Waals surface area contributed by atoms with Crippen LogP contribution in [-0.2, 0) is 11.3 Å². The van der Waals surface area contributed by atoms with Gasteiger partial charge >= 0.3 is 0 Å². The first-order valence-corrected chi connectivity index (χ1v) is 7.62. The summed E-state index contributed by atoms with van der Waals surface area (Å²) in [6, 6.07) is 10.3. The van der Waals surface area contributed by atoms with Crippen molar-refractivity contribution in [2.45, 2.75) is 25.8 Å². The first-order chi connectivity index (χ1) is 10.2. The van der Waals surface area contributed by atoms with Crippen LogP contribution in [0.25, 0.3) is 10.9 Å². The zero-order chi connectivity index (χ0) is 15.1. The van der Waals surface area contributed by atoms with Gasteiger partial charge in [-0.2, -0.15) is 0 Å². The lowest BCUT2D eigenvalue weighted by Gasteiger charge is -2.10. The van der Waals surface area contributed by atoms with Crippen LogP contribution in [0.3, 0.4) is 0 Å². The molecule has 2 rings (SSSR count). The first-order valence-electron chi connectivity index (χ1n) is 7.62. The smallest absolute Gasteiger partial charge is 0.221 e. The topological polar surface area (TPSA) is 37.3 Å². The number of amides is 1. The third-order valence-electron chi connectivity index (χ3n) is 3.61. The van der Waals surface area contributed by atoms with Gasteiger partial charge in [0.2, 0.25) is 5.91 Å². The number of rotatable bonds is 8. The molecule has 0 unspecified atom stereocenters. The number of aromatic nitrogens is 1. The number of unbranched alkanes of at least 4 members (excludes halogenated alkanes) is 1. The normalized spacial score (nSPS) is 11.2. The molecule has 2 aromatic rings. The summed E-state index contributed by atoms with van der Waals surface area (Å²) in [5, 5.41) is 4.22. The Morgan fingerprint density at radius 1 is 1.19 bits per heavy atom. The quantitative estimate of drug-likeness (QED) is 0.757. The molecule has 0 bridgehead atoms. The number of nitrogens with zero attached hydrogens (tertiary/aromatic N) is 2. The molecule has 0 aliphatic rings. The SMILES string of the molecule is CN(C)CCCCNC(=O)CCn1ccc2ccccc21. The molecule has 21 heavy (non-hydrogen) atoms. The lowest BCUT2D eigenvalue weighted by Crippen LogP contribution is -2.26. The van der Waals surface area contributed by atoms with E-state index >= 15 is 0 Å². The summed E-state index contributed by atoms with van der Waals surface area (Å²) in [5.74, 6) is 0.137. The fourth-order valence-corrected chi connectivity index (χ4v) is 2.43. The van der Waals surface area contributed by atoms with Gasteiger partial charge in [0.15, 0.2) is 0 Å². The van der Waals surface area contributed by atoms with Crippen molar-refractivity contribution in [3.05, 3.63) is 36.5 Å². The Kier molecular flexibility index (Phi) is 5.81. The van der Waals surface area contributed by atoms with Gasteiger partial charge < -0.3 is 14.8 Å². The van der Waals surface area contributed by atoms with Crippen molar-refractivity contribution >= 4 is 16.8 Å². The average molecular weight is 287 g/mol. The molecule has 0 saturated heterocycles. The summed E-state index contributed by atoms with van der Waals surface area (Å²) in [6.45, 7) is 2.58. The van der Waals surface area contributed by atoms with Gasteiger partial charge in [-0.25, -0.2) is 0 Å². The third kappa shape index (κ3) is 4.90. The minimum atomic E-state index is 0.137. The van der Waals surface area contributed by atoms with Crippen LogP contribution in [0.5, 0.6) is 0 Å². The second-order valence-electron chi connectivity index (χ2n) is 5.68. The second kappa shape index (κ2) is 7.84. The van der Waals surface area contributed by atoms with E-state index in [1.165, 1.54) is 10.9 Å². The minimum Gasteiger partial charge on any atom is -0.356 e. The van der Waals surface area contributed by atoms with Crippen LogP contribution in [0.4, 0.5) is 0 Å². The number of carbonyl (C=O) groups is 1. The lowest BCUT2D eigenvalue weighted by atomic mass is 10.2. The van der Waals surface area contributed by atoms with Gasteiger partial charge in [0.1, 0.15) is 0 Å². The number of carbonyl (C=O) groups excluding carboxylic acids is 1. The summed E-state index contributed by atoms with van der Waals surface area (Å²) in [5.41, 5.74) is 1.19. The van der Waals surface area contributed by atoms with E-state index in [9.17, 15) is 4.79 Å². The molecule has 0 aliphatic carbocycles. The molecule has 0 spiro atoms. The van der Waals surface area contributed by atoms with Crippen molar-refractivity contribution < 1.29 is 4.79 Å². The molecular formula is C17H25N3O. The fourth-order valence-electron chi connectivity index (χ4n) is 2.43. The number of fused-ring (bicyclic) bond motifs is 1. The summed E-state index contributed by atoms with van der Waals surface area (Å²) < 4.78 is 2.14. The Bertz CT molecular complexity index is 574. The van der Waals surface area contributed by atoms with Gasteiger partial charge in [-0.3, -0.25) is 4.79 Å². The number of hydrogen-bond acceptors (Lipinski definition) is 2. The Labute approximate surface area is 126 Å². The highest BCUT2D eigenvalue weighted by atomic mass is 16.1. The fraction of sp³-hybridized carbons (Fsp3) is 0.471. The maximum atomic E-state index is 11.8. The Morgan fingerprint density at radius 3 is 2.81 bits per heavy atom. The number of nitrogens with one attached hydrogen (secondary N) is 1. The molecule has 0 radical (unpaired) electrons. The molecular weight excluding hydrogens is 262 g/mol. The van der Waals surface area contributed by atoms with Crippen LogP contribution >= 0.6 is 0 Å². The molecule has 4 nitrogen and oxygen atoms in total. The van der Waals surface area contributed by atoms with E-state index in [-0.39, 0.29) is 5.91 Å². The zero-order valence-corrected chi connectivity index (χ0v) is 13.0. The second-order valence-corrected chi connectivity index (χ2v) is 5.68. The van der Waals surface area contributed by atoms with Gasteiger partial charge in [-0.15, -0.1) is 0 Å². The van der Waals surface area contributed by atoms with Crippen LogP contribution in [0, 0.1) is 0 Å². The summed E-state index contributed by atoms with van der Waals surface area (Å²) in [6.07, 6.45) is 4.74. The number of aryl methyl sites for hydroxylation is 1. The maximum absolute atomic E-state index is 11.8. The maximum Gasteiger partial charge on any atom is 0.221 e. The van der Waals surface area contributed by atoms with Gasteiger partial charge in [-0.1, -0.05) is 18.2 Å². The molecule has 1 N–H and O–H groups in total. The molecule has 114 valence electrons. The predicted octanol–water partition coefficient (Wildman–Crippen LogP) is 2.49. The highest BCUT2D eigenvalue weighted by Gasteiger charge is 2.04. The van der Waals surface area contributed by atoms with E-state index < -0.39 is 0 Å². The first kappa shape index (κ1) is 15.6. The standard InChI is InChI=1S/C17H25N3O/c1-19(2)12-6-5-11-18-17(21)10-14-20-13-9-15-7-3-4-8-16(15)20/h3-4,7-9,13H,5-6,10-12,14H2,1-2H3,(H,18,21). The van der Waals surface area contributed by atoms with Crippen molar-refractivity contribution in [2.75, 3.05) is 27.2 Å². The van der Waals surface area contributed by atoms with E-state index in [0.29, 0.717) is 6.42 Å². The highest BCUT2D eigenvalue weighted by molar-refractivity contribution is 5.80. The van der Waals surface area contributed by atoms with E-state index in [2.05, 4.69) is 53.3 Å². The van der Waals surface area contributed by atoms with E-state index in [1.807, 2.05) is 12.1 Å². The summed E-state index contributed by atoms with van der Waals surface area (Å²) in [4.78, 5) is 14.0. The molecule has 1 aromatic heterocycles. The molecule has 1 heterocycles. The highest BCUT2D eigenvalue weighted by Crippen LogP contribution is 2.15. The van der Waals surface area contributed by atoms with E-state index in [4.69, 9.17) is 0 Å². The third-order valence-corrected chi connectivity index (χ3v) is 3.61. The van der Waals surface area contributed by atoms with Crippen LogP contribution in [-0.4, -0.2) is 42.6 Å². The molecule has 0 fully saturated rings. The van der Waals surface area contributed by atoms with Gasteiger partial charge in [0.25, 0.3) is 0 Å². The van der Waals surface area contributed by atoms with Crippen LogP contribution in [0.2, 0.25) is 0 Å². The van der Waals surface area contributed by atoms with Crippen molar-refractivity contribution in [3.8, 4) is 0 Å². The summed E-state index contributed by atoms with van der Waals surface area (Å²) >= 11 is 0. The van der Waals surface area contributed by atoms with Gasteiger partial charge in [0.05, 0.1) is 0 Å². The largest absolute Gasteiger partial charge is 0.356 e. The van der Waals surface area contributed by atoms with E-state index in [1.54, 1.807) is 0 Å². The van der Waals surface area contributed by atoms with Crippen molar-refractivity contribution in [1.29, 1.82) is 0 Å². The molecule has 0 atom stereocenters. The predicted molar refractivity (Wildman–Crippen MR) is 87.4 cm³/mol. The molecule has 4 heteroatoms. The summed E-state index contributed by atoms with van der Waals surface area (Å²) in [7, 11) is 4.14. The van der Waals surface area contributed by atoms with Crippen molar-refractivity contribution in [3.63, 3.8) is 0 Å². The number of hydrogen-bond donors (Lipinski definition) is 1. The van der Waals surface area contributed by atoms with Crippen LogP contribution in [0.1, 0.15) is 19.3 Å². The Balaban J connectivity index is 1.69. The zero-order valence-electron chi connectivity index (χ0n) is 13.0. The Hall–Kier alpha value is -1.81. The minimum absolute atomic E-state index is 0.137. The molecule has 0 saturated carbocycles. The van der Waals surface area contributed by atoms with Gasteiger partial charge in [-0.05, 0) is 51.0 Å². The van der Waals surface area contributed by atoms with Crippen LogP contribution in [0.15, 0.2) is 36.5 Å². The average Bonchev–Trinajstić information content (AvgIpc) is 2.87. The number of benzene rings is 1. The van der Waals surface area contributed by atoms with E-state index in [0.717, 1.165) is 32.5 Å². The lowest BCUT2D eigenvalue weighted by molar-refractivity contribution is -0.121. The van der Waals surface area contributed by atoms with Crippen molar-refractivity contribution in [2.24, 2.45) is 0 Å². The van der Waals surface area contributed by atoms with Crippen molar-refractivity contribution in [1.82, 2.24) is 14.8 Å². The Morgan fingerprint density at radius 2 is 2.00 bits per heavy atom. The van der Waals surface area contributed by atoms with Crippen LogP contribution < -0.4 is 5.32 Å². The number of para-hydroxylation sites is 1. The molecule has 1 aromatic carbocycles. The molecule has 0 aliphatic heterocycles. The van der Waals surface area contributed by atoms with Gasteiger partial charge in [0, 0.05) is 31.2 Å².